The van der Waals surface area contributed by atoms with Crippen molar-refractivity contribution in [3.05, 3.63) is 28.8 Å². The van der Waals surface area contributed by atoms with Crippen LogP contribution in [0.5, 0.6) is 5.75 Å². The Morgan fingerprint density at radius 3 is 2.44 bits per heavy atom. The van der Waals surface area contributed by atoms with Crippen LogP contribution in [0.25, 0.3) is 0 Å². The lowest BCUT2D eigenvalue weighted by Gasteiger charge is -2.17. The fraction of sp³-hybridized carbons (Fsp3) is 0.462. The van der Waals surface area contributed by atoms with Crippen LogP contribution in [0.3, 0.4) is 0 Å². The van der Waals surface area contributed by atoms with Crippen molar-refractivity contribution in [3.63, 3.8) is 0 Å². The van der Waals surface area contributed by atoms with E-state index in [1.165, 1.54) is 7.11 Å². The van der Waals surface area contributed by atoms with Gasteiger partial charge in [0, 0.05) is 6.42 Å². The number of carboxylic acid groups (broad SMARTS) is 1. The first-order chi connectivity index (χ1) is 8.26. The Labute approximate surface area is 104 Å². The van der Waals surface area contributed by atoms with Crippen molar-refractivity contribution in [1.29, 1.82) is 0 Å². The maximum Gasteiger partial charge on any atom is 0.309 e. The van der Waals surface area contributed by atoms with Crippen LogP contribution >= 0.6 is 0 Å². The van der Waals surface area contributed by atoms with Crippen LogP contribution in [-0.4, -0.2) is 24.1 Å². The summed E-state index contributed by atoms with van der Waals surface area (Å²) < 4.78 is 32.0. The molecule has 0 aromatic heterocycles. The molecule has 0 saturated heterocycles. The van der Waals surface area contributed by atoms with Gasteiger partial charge in [-0.3, -0.25) is 4.79 Å². The van der Waals surface area contributed by atoms with Crippen LogP contribution in [0.15, 0.2) is 12.1 Å². The molecule has 1 N–H and O–H groups in total. The molecule has 3 nitrogen and oxygen atoms in total. The average molecular weight is 258 g/mol. The van der Waals surface area contributed by atoms with Gasteiger partial charge in [0.25, 0.3) is 5.92 Å². The molecular formula is C13H16F2O3. The highest BCUT2D eigenvalue weighted by Gasteiger charge is 2.33. The van der Waals surface area contributed by atoms with E-state index < -0.39 is 24.7 Å². The number of halogens is 2. The highest BCUT2D eigenvalue weighted by atomic mass is 19.3. The Balaban J connectivity index is 2.98. The number of hydrogen-bond donors (Lipinski definition) is 1. The molecule has 0 aliphatic heterocycles. The van der Waals surface area contributed by atoms with Gasteiger partial charge in [0.15, 0.2) is 0 Å². The molecule has 0 unspecified atom stereocenters. The van der Waals surface area contributed by atoms with Crippen molar-refractivity contribution in [2.45, 2.75) is 32.6 Å². The van der Waals surface area contributed by atoms with Gasteiger partial charge in [0.2, 0.25) is 0 Å². The molecule has 18 heavy (non-hydrogen) atoms. The van der Waals surface area contributed by atoms with Gasteiger partial charge in [-0.2, -0.15) is 0 Å². The zero-order valence-electron chi connectivity index (χ0n) is 10.6. The molecule has 100 valence electrons. The van der Waals surface area contributed by atoms with Crippen LogP contribution in [0, 0.1) is 13.8 Å². The summed E-state index contributed by atoms with van der Waals surface area (Å²) >= 11 is 0. The normalized spacial score (nSPS) is 11.4. The Morgan fingerprint density at radius 2 is 1.94 bits per heavy atom. The van der Waals surface area contributed by atoms with Crippen molar-refractivity contribution in [2.24, 2.45) is 0 Å². The molecule has 0 fully saturated rings. The summed E-state index contributed by atoms with van der Waals surface area (Å²) in [6.45, 7) is 3.51. The molecule has 0 spiro atoms. The third-order valence-corrected chi connectivity index (χ3v) is 2.93. The molecule has 0 atom stereocenters. The van der Waals surface area contributed by atoms with E-state index >= 15 is 0 Å². The molecule has 5 heteroatoms. The van der Waals surface area contributed by atoms with Crippen molar-refractivity contribution in [2.75, 3.05) is 7.11 Å². The predicted molar refractivity (Wildman–Crippen MR) is 63.4 cm³/mol. The maximum absolute atomic E-state index is 13.4. The van der Waals surface area contributed by atoms with Crippen LogP contribution < -0.4 is 4.74 Å². The standard InChI is InChI=1S/C13H16F2O3/c1-8-9(2)11(18-3)5-4-10(8)6-13(14,15)7-12(16)17/h4-5H,6-7H2,1-3H3,(H,16,17). The molecule has 1 rings (SSSR count). The molecule has 0 bridgehead atoms. The molecule has 0 heterocycles. The Hall–Kier alpha value is -1.65. The molecule has 0 aliphatic carbocycles. The Bertz CT molecular complexity index is 456. The average Bonchev–Trinajstić information content (AvgIpc) is 2.23. The third kappa shape index (κ3) is 3.42. The van der Waals surface area contributed by atoms with Crippen LogP contribution in [0.1, 0.15) is 23.1 Å². The van der Waals surface area contributed by atoms with Gasteiger partial charge in [-0.25, -0.2) is 8.78 Å². The van der Waals surface area contributed by atoms with Crippen molar-refractivity contribution in [3.8, 4) is 5.75 Å². The molecule has 0 aliphatic rings. The first-order valence-electron chi connectivity index (χ1n) is 5.49. The minimum absolute atomic E-state index is 0.444. The molecule has 0 saturated carbocycles. The van der Waals surface area contributed by atoms with E-state index in [4.69, 9.17) is 9.84 Å². The Kier molecular flexibility index (Phi) is 4.27. The summed E-state index contributed by atoms with van der Waals surface area (Å²) in [4.78, 5) is 10.4. The molecule has 1 aromatic rings. The topological polar surface area (TPSA) is 46.5 Å². The predicted octanol–water partition coefficient (Wildman–Crippen LogP) is 2.96. The number of benzene rings is 1. The molecule has 0 radical (unpaired) electrons. The highest BCUT2D eigenvalue weighted by molar-refractivity contribution is 5.67. The zero-order chi connectivity index (χ0) is 13.9. The number of aliphatic carboxylic acids is 1. The quantitative estimate of drug-likeness (QED) is 0.883. The van der Waals surface area contributed by atoms with E-state index in [9.17, 15) is 13.6 Å². The van der Waals surface area contributed by atoms with Crippen LogP contribution in [0.2, 0.25) is 0 Å². The van der Waals surface area contributed by atoms with Crippen molar-refractivity contribution in [1.82, 2.24) is 0 Å². The molecular weight excluding hydrogens is 242 g/mol. The second-order valence-corrected chi connectivity index (χ2v) is 4.28. The second kappa shape index (κ2) is 5.33. The number of methoxy groups -OCH3 is 1. The SMILES string of the molecule is COc1ccc(CC(F)(F)CC(=O)O)c(C)c1C. The zero-order valence-corrected chi connectivity index (χ0v) is 10.6. The van der Waals surface area contributed by atoms with E-state index in [-0.39, 0.29) is 0 Å². The number of rotatable bonds is 5. The first-order valence-corrected chi connectivity index (χ1v) is 5.49. The van der Waals surface area contributed by atoms with E-state index in [2.05, 4.69) is 0 Å². The van der Waals surface area contributed by atoms with Crippen molar-refractivity contribution >= 4 is 5.97 Å². The summed E-state index contributed by atoms with van der Waals surface area (Å²) in [5.74, 6) is -4.10. The van der Waals surface area contributed by atoms with Gasteiger partial charge in [-0.1, -0.05) is 6.07 Å². The van der Waals surface area contributed by atoms with Gasteiger partial charge in [-0.05, 0) is 36.6 Å². The summed E-state index contributed by atoms with van der Waals surface area (Å²) in [7, 11) is 1.51. The van der Waals surface area contributed by atoms with E-state index in [1.807, 2.05) is 0 Å². The van der Waals surface area contributed by atoms with E-state index in [0.29, 0.717) is 16.9 Å². The van der Waals surface area contributed by atoms with Gasteiger partial charge >= 0.3 is 5.97 Å². The number of carbonyl (C=O) groups is 1. The number of ether oxygens (including phenoxy) is 1. The van der Waals surface area contributed by atoms with Gasteiger partial charge in [-0.15, -0.1) is 0 Å². The van der Waals surface area contributed by atoms with E-state index in [0.717, 1.165) is 5.56 Å². The third-order valence-electron chi connectivity index (χ3n) is 2.93. The summed E-state index contributed by atoms with van der Waals surface area (Å²) in [5.41, 5.74) is 1.94. The summed E-state index contributed by atoms with van der Waals surface area (Å²) in [5, 5.41) is 8.43. The maximum atomic E-state index is 13.4. The number of carboxylic acids is 1. The lowest BCUT2D eigenvalue weighted by Crippen LogP contribution is -2.24. The van der Waals surface area contributed by atoms with E-state index in [1.54, 1.807) is 26.0 Å². The number of alkyl halides is 2. The van der Waals surface area contributed by atoms with Gasteiger partial charge < -0.3 is 9.84 Å². The van der Waals surface area contributed by atoms with Crippen molar-refractivity contribution < 1.29 is 23.4 Å². The fourth-order valence-corrected chi connectivity index (χ4v) is 1.83. The fourth-order valence-electron chi connectivity index (χ4n) is 1.83. The summed E-state index contributed by atoms with van der Waals surface area (Å²) in [6.07, 6.45) is -1.73. The first kappa shape index (κ1) is 14.4. The molecule has 0 amide bonds. The lowest BCUT2D eigenvalue weighted by atomic mass is 9.96. The number of hydrogen-bond acceptors (Lipinski definition) is 2. The lowest BCUT2D eigenvalue weighted by molar-refractivity contribution is -0.144. The largest absolute Gasteiger partial charge is 0.496 e. The summed E-state index contributed by atoms with van der Waals surface area (Å²) in [6, 6.07) is 3.17. The molecule has 1 aromatic carbocycles. The smallest absolute Gasteiger partial charge is 0.309 e. The highest BCUT2D eigenvalue weighted by Crippen LogP contribution is 2.30. The second-order valence-electron chi connectivity index (χ2n) is 4.28. The Morgan fingerprint density at radius 1 is 1.33 bits per heavy atom. The minimum Gasteiger partial charge on any atom is -0.496 e. The van der Waals surface area contributed by atoms with Gasteiger partial charge in [0.05, 0.1) is 7.11 Å². The minimum atomic E-state index is -3.24. The van der Waals surface area contributed by atoms with Gasteiger partial charge in [0.1, 0.15) is 12.2 Å². The van der Waals surface area contributed by atoms with Crippen LogP contribution in [0.4, 0.5) is 8.78 Å². The monoisotopic (exact) mass is 258 g/mol. The van der Waals surface area contributed by atoms with Crippen LogP contribution in [-0.2, 0) is 11.2 Å².